The molecule has 0 saturated carbocycles. The molecule has 0 aliphatic heterocycles. The number of hydrogen-bond donors (Lipinski definition) is 1. The van der Waals surface area contributed by atoms with E-state index in [-0.39, 0.29) is 6.42 Å². The van der Waals surface area contributed by atoms with Crippen LogP contribution in [0, 0.1) is 11.3 Å². The van der Waals surface area contributed by atoms with Gasteiger partial charge in [-0.15, -0.1) is 0 Å². The Kier molecular flexibility index (Phi) is 3.71. The van der Waals surface area contributed by atoms with Crippen LogP contribution in [0.2, 0.25) is 0 Å². The normalized spacial score (nSPS) is 10.2. The molecule has 1 aromatic carbocycles. The SMILES string of the molecule is CCOC(=O)c1[nH]c2ccc(OC)cc2c1CC#N. The smallest absolute Gasteiger partial charge is 0.355 e. The molecule has 0 spiro atoms. The number of methoxy groups -OCH3 is 1. The van der Waals surface area contributed by atoms with Gasteiger partial charge in [0.2, 0.25) is 0 Å². The fourth-order valence-corrected chi connectivity index (χ4v) is 1.99. The summed E-state index contributed by atoms with van der Waals surface area (Å²) in [7, 11) is 1.57. The predicted molar refractivity (Wildman–Crippen MR) is 70.1 cm³/mol. The maximum absolute atomic E-state index is 11.9. The number of fused-ring (bicyclic) bond motifs is 1. The van der Waals surface area contributed by atoms with Gasteiger partial charge in [-0.1, -0.05) is 0 Å². The van der Waals surface area contributed by atoms with E-state index >= 15 is 0 Å². The number of H-pyrrole nitrogens is 1. The summed E-state index contributed by atoms with van der Waals surface area (Å²) in [5.41, 5.74) is 1.77. The number of benzene rings is 1. The van der Waals surface area contributed by atoms with Crippen LogP contribution >= 0.6 is 0 Å². The largest absolute Gasteiger partial charge is 0.497 e. The highest BCUT2D eigenvalue weighted by Crippen LogP contribution is 2.27. The molecular formula is C14H14N2O3. The molecule has 5 nitrogen and oxygen atoms in total. The van der Waals surface area contributed by atoms with Gasteiger partial charge in [0.15, 0.2) is 0 Å². The number of nitrogens with zero attached hydrogens (tertiary/aromatic N) is 1. The van der Waals surface area contributed by atoms with Gasteiger partial charge in [-0.2, -0.15) is 5.26 Å². The van der Waals surface area contributed by atoms with Crippen LogP contribution in [0.4, 0.5) is 0 Å². The van der Waals surface area contributed by atoms with Gasteiger partial charge < -0.3 is 14.5 Å². The molecule has 0 aliphatic rings. The first-order chi connectivity index (χ1) is 9.21. The molecule has 0 unspecified atom stereocenters. The molecule has 1 heterocycles. The molecule has 0 fully saturated rings. The lowest BCUT2D eigenvalue weighted by molar-refractivity contribution is 0.0519. The van der Waals surface area contributed by atoms with E-state index < -0.39 is 5.97 Å². The zero-order chi connectivity index (χ0) is 13.8. The van der Waals surface area contributed by atoms with E-state index in [1.807, 2.05) is 6.07 Å². The summed E-state index contributed by atoms with van der Waals surface area (Å²) in [6.45, 7) is 2.04. The molecule has 1 N–H and O–H groups in total. The van der Waals surface area contributed by atoms with Crippen LogP contribution in [0.3, 0.4) is 0 Å². The van der Waals surface area contributed by atoms with E-state index in [9.17, 15) is 4.79 Å². The van der Waals surface area contributed by atoms with Crippen LogP contribution in [0.25, 0.3) is 10.9 Å². The van der Waals surface area contributed by atoms with E-state index in [0.717, 1.165) is 10.9 Å². The van der Waals surface area contributed by atoms with Crippen LogP contribution in [0.1, 0.15) is 23.0 Å². The van der Waals surface area contributed by atoms with Crippen LogP contribution in [-0.4, -0.2) is 24.7 Å². The maximum atomic E-state index is 11.9. The summed E-state index contributed by atoms with van der Waals surface area (Å²) >= 11 is 0. The Balaban J connectivity index is 2.60. The molecule has 0 radical (unpaired) electrons. The molecule has 0 saturated heterocycles. The lowest BCUT2D eigenvalue weighted by Gasteiger charge is -2.01. The summed E-state index contributed by atoms with van der Waals surface area (Å²) in [4.78, 5) is 14.9. The quantitative estimate of drug-likeness (QED) is 0.854. The van der Waals surface area contributed by atoms with E-state index in [1.54, 1.807) is 26.2 Å². The second kappa shape index (κ2) is 5.44. The third kappa shape index (κ3) is 2.38. The van der Waals surface area contributed by atoms with Crippen molar-refractivity contribution in [1.82, 2.24) is 4.98 Å². The lowest BCUT2D eigenvalue weighted by atomic mass is 10.1. The molecule has 1 aromatic heterocycles. The highest BCUT2D eigenvalue weighted by Gasteiger charge is 2.18. The zero-order valence-electron chi connectivity index (χ0n) is 10.8. The Labute approximate surface area is 110 Å². The van der Waals surface area contributed by atoms with Crippen molar-refractivity contribution in [3.63, 3.8) is 0 Å². The number of nitriles is 1. The van der Waals surface area contributed by atoms with Crippen LogP contribution in [0.15, 0.2) is 18.2 Å². The third-order valence-corrected chi connectivity index (χ3v) is 2.85. The van der Waals surface area contributed by atoms with E-state index in [1.165, 1.54) is 0 Å². The predicted octanol–water partition coefficient (Wildman–Crippen LogP) is 2.42. The summed E-state index contributed by atoms with van der Waals surface area (Å²) in [5, 5.41) is 9.72. The molecule has 0 atom stereocenters. The fourth-order valence-electron chi connectivity index (χ4n) is 1.99. The first-order valence-corrected chi connectivity index (χ1v) is 5.94. The van der Waals surface area contributed by atoms with Crippen molar-refractivity contribution in [2.75, 3.05) is 13.7 Å². The second-order valence-electron chi connectivity index (χ2n) is 3.95. The van der Waals surface area contributed by atoms with Crippen molar-refractivity contribution in [2.45, 2.75) is 13.3 Å². The number of esters is 1. The minimum Gasteiger partial charge on any atom is -0.497 e. The van der Waals surface area contributed by atoms with Crippen molar-refractivity contribution in [1.29, 1.82) is 5.26 Å². The average Bonchev–Trinajstić information content (AvgIpc) is 2.78. The summed E-state index contributed by atoms with van der Waals surface area (Å²) < 4.78 is 10.1. The summed E-state index contributed by atoms with van der Waals surface area (Å²) in [6, 6.07) is 7.49. The molecule has 0 amide bonds. The Morgan fingerprint density at radius 3 is 2.89 bits per heavy atom. The second-order valence-corrected chi connectivity index (χ2v) is 3.95. The Hall–Kier alpha value is -2.48. The molecule has 98 valence electrons. The van der Waals surface area contributed by atoms with E-state index in [2.05, 4.69) is 11.1 Å². The highest BCUT2D eigenvalue weighted by atomic mass is 16.5. The molecule has 5 heteroatoms. The number of aromatic amines is 1. The van der Waals surface area contributed by atoms with Crippen LogP contribution in [0.5, 0.6) is 5.75 Å². The number of nitrogens with one attached hydrogen (secondary N) is 1. The Morgan fingerprint density at radius 1 is 1.47 bits per heavy atom. The topological polar surface area (TPSA) is 75.1 Å². The van der Waals surface area contributed by atoms with Gasteiger partial charge in [0, 0.05) is 16.5 Å². The van der Waals surface area contributed by atoms with Gasteiger partial charge in [0.05, 0.1) is 26.2 Å². The van der Waals surface area contributed by atoms with Gasteiger partial charge in [0.1, 0.15) is 11.4 Å². The standard InChI is InChI=1S/C14H14N2O3/c1-3-19-14(17)13-10(6-7-15)11-8-9(18-2)4-5-12(11)16-13/h4-5,8,16H,3,6H2,1-2H3. The number of carbonyl (C=O) groups excluding carboxylic acids is 1. The molecule has 2 rings (SSSR count). The van der Waals surface area contributed by atoms with E-state index in [4.69, 9.17) is 14.7 Å². The monoisotopic (exact) mass is 258 g/mol. The minimum atomic E-state index is -0.442. The molecule has 2 aromatic rings. The highest BCUT2D eigenvalue weighted by molar-refractivity contribution is 5.98. The Morgan fingerprint density at radius 2 is 2.26 bits per heavy atom. The first-order valence-electron chi connectivity index (χ1n) is 5.94. The molecular weight excluding hydrogens is 244 g/mol. The molecule has 0 aliphatic carbocycles. The van der Waals surface area contributed by atoms with Crippen molar-refractivity contribution < 1.29 is 14.3 Å². The van der Waals surface area contributed by atoms with Crippen molar-refractivity contribution in [3.05, 3.63) is 29.5 Å². The molecule has 19 heavy (non-hydrogen) atoms. The van der Waals surface area contributed by atoms with Crippen molar-refractivity contribution in [3.8, 4) is 11.8 Å². The number of ether oxygens (including phenoxy) is 2. The van der Waals surface area contributed by atoms with Gasteiger partial charge in [-0.3, -0.25) is 0 Å². The minimum absolute atomic E-state index is 0.140. The molecule has 0 bridgehead atoms. The summed E-state index contributed by atoms with van der Waals surface area (Å²) in [6.07, 6.45) is 0.140. The summed E-state index contributed by atoms with van der Waals surface area (Å²) in [5.74, 6) is 0.240. The number of hydrogen-bond acceptors (Lipinski definition) is 4. The number of rotatable bonds is 4. The fraction of sp³-hybridized carbons (Fsp3) is 0.286. The lowest BCUT2D eigenvalue weighted by Crippen LogP contribution is -2.07. The van der Waals surface area contributed by atoms with Gasteiger partial charge in [0.25, 0.3) is 0 Å². The van der Waals surface area contributed by atoms with Gasteiger partial charge >= 0.3 is 5.97 Å². The number of aromatic nitrogens is 1. The zero-order valence-corrected chi connectivity index (χ0v) is 10.8. The van der Waals surface area contributed by atoms with Crippen LogP contribution in [-0.2, 0) is 11.2 Å². The Bertz CT molecular complexity index is 652. The average molecular weight is 258 g/mol. The van der Waals surface area contributed by atoms with E-state index in [0.29, 0.717) is 23.6 Å². The van der Waals surface area contributed by atoms with Gasteiger partial charge in [-0.25, -0.2) is 4.79 Å². The first kappa shape index (κ1) is 13.0. The van der Waals surface area contributed by atoms with Gasteiger partial charge in [-0.05, 0) is 25.1 Å². The van der Waals surface area contributed by atoms with Crippen molar-refractivity contribution >= 4 is 16.9 Å². The number of carbonyl (C=O) groups is 1. The maximum Gasteiger partial charge on any atom is 0.355 e. The van der Waals surface area contributed by atoms with Crippen molar-refractivity contribution in [2.24, 2.45) is 0 Å². The van der Waals surface area contributed by atoms with Crippen LogP contribution < -0.4 is 4.74 Å². The third-order valence-electron chi connectivity index (χ3n) is 2.85.